The van der Waals surface area contributed by atoms with Crippen molar-refractivity contribution in [1.82, 2.24) is 0 Å². The summed E-state index contributed by atoms with van der Waals surface area (Å²) in [6.45, 7) is 3.78. The van der Waals surface area contributed by atoms with Crippen LogP contribution in [0.15, 0.2) is 54.6 Å². The van der Waals surface area contributed by atoms with Crippen molar-refractivity contribution in [2.24, 2.45) is 0 Å². The lowest BCUT2D eigenvalue weighted by atomic mass is 10.0. The normalized spacial score (nSPS) is 11.9. The zero-order chi connectivity index (χ0) is 13.0. The van der Waals surface area contributed by atoms with Crippen LogP contribution >= 0.6 is 0 Å². The molecule has 0 aromatic heterocycles. The second-order valence-corrected chi connectivity index (χ2v) is 4.32. The highest BCUT2D eigenvalue weighted by Gasteiger charge is 2.17. The fourth-order valence-electron chi connectivity index (χ4n) is 1.75. The van der Waals surface area contributed by atoms with E-state index < -0.39 is 0 Å². The van der Waals surface area contributed by atoms with Crippen molar-refractivity contribution < 1.29 is 9.53 Å². The predicted molar refractivity (Wildman–Crippen MR) is 71.7 cm³/mol. The minimum Gasteiger partial charge on any atom is -0.426 e. The first-order valence-corrected chi connectivity index (χ1v) is 6.01. The number of benzene rings is 2. The van der Waals surface area contributed by atoms with E-state index in [0.717, 1.165) is 11.1 Å². The number of ether oxygens (including phenoxy) is 1. The quantitative estimate of drug-likeness (QED) is 0.604. The van der Waals surface area contributed by atoms with Gasteiger partial charge in [-0.3, -0.25) is 4.79 Å². The van der Waals surface area contributed by atoms with Crippen molar-refractivity contribution in [2.75, 3.05) is 0 Å². The summed E-state index contributed by atoms with van der Waals surface area (Å²) in [5, 5.41) is 0. The van der Waals surface area contributed by atoms with Crippen LogP contribution in [0.1, 0.15) is 24.0 Å². The predicted octanol–water partition coefficient (Wildman–Crippen LogP) is 3.70. The molecule has 0 bridgehead atoms. The van der Waals surface area contributed by atoms with Crippen molar-refractivity contribution in [1.29, 1.82) is 0 Å². The van der Waals surface area contributed by atoms with Gasteiger partial charge in [0.25, 0.3) is 0 Å². The van der Waals surface area contributed by atoms with Crippen LogP contribution in [0.5, 0.6) is 5.75 Å². The molecular weight excluding hydrogens is 224 g/mol. The standard InChI is InChI=1S/C16H16O2/c1-12-8-6-7-11-15(12)18-16(17)13(2)14-9-4-3-5-10-14/h3-11,13H,1-2H3. The molecule has 2 aromatic carbocycles. The van der Waals surface area contributed by atoms with Crippen molar-refractivity contribution in [3.63, 3.8) is 0 Å². The number of esters is 1. The number of carbonyl (C=O) groups is 1. The lowest BCUT2D eigenvalue weighted by molar-refractivity contribution is -0.135. The lowest BCUT2D eigenvalue weighted by Crippen LogP contribution is -2.16. The van der Waals surface area contributed by atoms with Crippen LogP contribution in [0.4, 0.5) is 0 Å². The Kier molecular flexibility index (Phi) is 3.78. The van der Waals surface area contributed by atoms with Gasteiger partial charge < -0.3 is 4.74 Å². The van der Waals surface area contributed by atoms with E-state index in [1.807, 2.05) is 68.4 Å². The molecule has 2 nitrogen and oxygen atoms in total. The average Bonchev–Trinajstić information content (AvgIpc) is 2.41. The molecule has 2 aromatic rings. The summed E-state index contributed by atoms with van der Waals surface area (Å²) in [5.41, 5.74) is 1.93. The summed E-state index contributed by atoms with van der Waals surface area (Å²) >= 11 is 0. The van der Waals surface area contributed by atoms with Gasteiger partial charge in [0, 0.05) is 0 Å². The lowest BCUT2D eigenvalue weighted by Gasteiger charge is -2.12. The van der Waals surface area contributed by atoms with E-state index in [2.05, 4.69) is 0 Å². The van der Waals surface area contributed by atoms with Crippen LogP contribution in [-0.4, -0.2) is 5.97 Å². The molecule has 2 heteroatoms. The van der Waals surface area contributed by atoms with E-state index in [9.17, 15) is 4.79 Å². The summed E-state index contributed by atoms with van der Waals surface area (Å²) < 4.78 is 5.42. The Morgan fingerprint density at radius 1 is 1.00 bits per heavy atom. The summed E-state index contributed by atoms with van der Waals surface area (Å²) in [4.78, 5) is 12.0. The second kappa shape index (κ2) is 5.50. The Morgan fingerprint density at radius 3 is 2.28 bits per heavy atom. The molecule has 0 saturated heterocycles. The average molecular weight is 240 g/mol. The van der Waals surface area contributed by atoms with E-state index in [-0.39, 0.29) is 11.9 Å². The van der Waals surface area contributed by atoms with E-state index in [0.29, 0.717) is 5.75 Å². The Morgan fingerprint density at radius 2 is 1.61 bits per heavy atom. The Bertz CT molecular complexity index is 532. The van der Waals surface area contributed by atoms with Crippen molar-refractivity contribution in [2.45, 2.75) is 19.8 Å². The van der Waals surface area contributed by atoms with Crippen LogP contribution in [0, 0.1) is 6.92 Å². The summed E-state index contributed by atoms with van der Waals surface area (Å²) in [6.07, 6.45) is 0. The highest BCUT2D eigenvalue weighted by Crippen LogP contribution is 2.21. The van der Waals surface area contributed by atoms with Crippen molar-refractivity contribution in [3.8, 4) is 5.75 Å². The molecule has 0 fully saturated rings. The summed E-state index contributed by atoms with van der Waals surface area (Å²) in [7, 11) is 0. The minimum atomic E-state index is -0.259. The third kappa shape index (κ3) is 2.77. The van der Waals surface area contributed by atoms with Crippen LogP contribution in [0.2, 0.25) is 0 Å². The SMILES string of the molecule is Cc1ccccc1OC(=O)C(C)c1ccccc1. The van der Waals surface area contributed by atoms with Gasteiger partial charge in [-0.05, 0) is 31.0 Å². The molecule has 0 aliphatic carbocycles. The number of hydrogen-bond acceptors (Lipinski definition) is 2. The molecule has 2 rings (SSSR count). The number of rotatable bonds is 3. The van der Waals surface area contributed by atoms with Crippen LogP contribution in [0.25, 0.3) is 0 Å². The van der Waals surface area contributed by atoms with E-state index >= 15 is 0 Å². The third-order valence-corrected chi connectivity index (χ3v) is 2.96. The number of carbonyl (C=O) groups excluding carboxylic acids is 1. The van der Waals surface area contributed by atoms with Gasteiger partial charge in [0.05, 0.1) is 5.92 Å². The molecular formula is C16H16O2. The molecule has 0 N–H and O–H groups in total. The zero-order valence-corrected chi connectivity index (χ0v) is 10.6. The molecule has 0 heterocycles. The van der Waals surface area contributed by atoms with Crippen molar-refractivity contribution >= 4 is 5.97 Å². The van der Waals surface area contributed by atoms with E-state index in [4.69, 9.17) is 4.74 Å². The maximum Gasteiger partial charge on any atom is 0.318 e. The molecule has 0 amide bonds. The maximum atomic E-state index is 12.0. The van der Waals surface area contributed by atoms with Gasteiger partial charge >= 0.3 is 5.97 Å². The van der Waals surface area contributed by atoms with Gasteiger partial charge in [0.2, 0.25) is 0 Å². The van der Waals surface area contributed by atoms with Crippen LogP contribution < -0.4 is 4.74 Å². The smallest absolute Gasteiger partial charge is 0.318 e. The number of aryl methyl sites for hydroxylation is 1. The molecule has 0 saturated carbocycles. The molecule has 1 unspecified atom stereocenters. The first-order chi connectivity index (χ1) is 8.68. The largest absolute Gasteiger partial charge is 0.426 e. The molecule has 0 aliphatic heterocycles. The fraction of sp³-hybridized carbons (Fsp3) is 0.188. The molecule has 18 heavy (non-hydrogen) atoms. The van der Waals surface area contributed by atoms with Gasteiger partial charge in [-0.15, -0.1) is 0 Å². The Labute approximate surface area is 107 Å². The molecule has 92 valence electrons. The van der Waals surface area contributed by atoms with Crippen LogP contribution in [-0.2, 0) is 4.79 Å². The number of para-hydroxylation sites is 1. The first kappa shape index (κ1) is 12.4. The Balaban J connectivity index is 2.12. The highest BCUT2D eigenvalue weighted by atomic mass is 16.5. The third-order valence-electron chi connectivity index (χ3n) is 2.96. The summed E-state index contributed by atoms with van der Waals surface area (Å²) in [5.74, 6) is 0.145. The van der Waals surface area contributed by atoms with Crippen molar-refractivity contribution in [3.05, 3.63) is 65.7 Å². The monoisotopic (exact) mass is 240 g/mol. The number of hydrogen-bond donors (Lipinski definition) is 0. The molecule has 0 spiro atoms. The van der Waals surface area contributed by atoms with Crippen LogP contribution in [0.3, 0.4) is 0 Å². The molecule has 1 atom stereocenters. The Hall–Kier alpha value is -2.09. The van der Waals surface area contributed by atoms with Gasteiger partial charge in [-0.1, -0.05) is 48.5 Å². The molecule has 0 aliphatic rings. The van der Waals surface area contributed by atoms with E-state index in [1.165, 1.54) is 0 Å². The maximum absolute atomic E-state index is 12.0. The molecule has 0 radical (unpaired) electrons. The first-order valence-electron chi connectivity index (χ1n) is 6.01. The topological polar surface area (TPSA) is 26.3 Å². The zero-order valence-electron chi connectivity index (χ0n) is 10.6. The van der Waals surface area contributed by atoms with Gasteiger partial charge in [-0.2, -0.15) is 0 Å². The van der Waals surface area contributed by atoms with E-state index in [1.54, 1.807) is 0 Å². The second-order valence-electron chi connectivity index (χ2n) is 4.32. The summed E-state index contributed by atoms with van der Waals surface area (Å²) in [6, 6.07) is 17.2. The van der Waals surface area contributed by atoms with Gasteiger partial charge in [-0.25, -0.2) is 0 Å². The van der Waals surface area contributed by atoms with Gasteiger partial charge in [0.1, 0.15) is 5.75 Å². The van der Waals surface area contributed by atoms with Gasteiger partial charge in [0.15, 0.2) is 0 Å². The fourth-order valence-corrected chi connectivity index (χ4v) is 1.75. The highest BCUT2D eigenvalue weighted by molar-refractivity contribution is 5.80. The minimum absolute atomic E-state index is 0.226.